The molecule has 124 valence electrons. The Morgan fingerprint density at radius 2 is 1.96 bits per heavy atom. The van der Waals surface area contributed by atoms with E-state index in [-0.39, 0.29) is 12.3 Å². The molecule has 0 bridgehead atoms. The summed E-state index contributed by atoms with van der Waals surface area (Å²) >= 11 is 9.59. The minimum absolute atomic E-state index is 0.0477. The molecule has 0 N–H and O–H groups in total. The number of fused-ring (bicyclic) bond motifs is 3. The van der Waals surface area contributed by atoms with E-state index in [2.05, 4.69) is 40.9 Å². The second-order valence-corrected chi connectivity index (χ2v) is 7.94. The van der Waals surface area contributed by atoms with Crippen LogP contribution >= 0.6 is 27.5 Å². The van der Waals surface area contributed by atoms with Gasteiger partial charge in [0.1, 0.15) is 5.75 Å². The maximum Gasteiger partial charge on any atom is 0.190 e. The van der Waals surface area contributed by atoms with Crippen molar-refractivity contribution >= 4 is 33.2 Å². The molecule has 0 saturated heterocycles. The lowest BCUT2D eigenvalue weighted by Crippen LogP contribution is -2.43. The first-order valence-corrected chi connectivity index (χ1v) is 9.28. The summed E-state index contributed by atoms with van der Waals surface area (Å²) in [5.41, 5.74) is 3.39. The van der Waals surface area contributed by atoms with Gasteiger partial charge in [-0.3, -0.25) is 0 Å². The molecule has 24 heavy (non-hydrogen) atoms. The average Bonchev–Trinajstić information content (AvgIpc) is 3.00. The van der Waals surface area contributed by atoms with Crippen molar-refractivity contribution in [2.45, 2.75) is 32.5 Å². The van der Waals surface area contributed by atoms with Gasteiger partial charge >= 0.3 is 0 Å². The maximum atomic E-state index is 6.24. The van der Waals surface area contributed by atoms with Crippen molar-refractivity contribution in [2.24, 2.45) is 11.0 Å². The fraction of sp³-hybridized carbons (Fsp3) is 0.316. The molecule has 0 aromatic heterocycles. The molecular weight excluding hydrogens is 388 g/mol. The van der Waals surface area contributed by atoms with Crippen LogP contribution in [-0.2, 0) is 0 Å². The van der Waals surface area contributed by atoms with Crippen LogP contribution < -0.4 is 4.74 Å². The molecule has 2 aliphatic rings. The largest absolute Gasteiger partial charge is 0.468 e. The number of hydrogen-bond acceptors (Lipinski definition) is 3. The summed E-state index contributed by atoms with van der Waals surface area (Å²) in [5.74, 6) is 1.31. The van der Waals surface area contributed by atoms with Crippen LogP contribution in [0.2, 0.25) is 5.02 Å². The maximum absolute atomic E-state index is 6.24. The van der Waals surface area contributed by atoms with Crippen LogP contribution in [0.5, 0.6) is 5.75 Å². The van der Waals surface area contributed by atoms with Crippen molar-refractivity contribution in [2.75, 3.05) is 0 Å². The fourth-order valence-electron chi connectivity index (χ4n) is 3.34. The number of nitrogens with zero attached hydrogens (tertiary/aromatic N) is 2. The molecule has 0 fully saturated rings. The zero-order valence-corrected chi connectivity index (χ0v) is 15.9. The van der Waals surface area contributed by atoms with Crippen molar-refractivity contribution in [1.29, 1.82) is 0 Å². The molecule has 4 rings (SSSR count). The van der Waals surface area contributed by atoms with Crippen molar-refractivity contribution in [1.82, 2.24) is 5.01 Å². The highest BCUT2D eigenvalue weighted by molar-refractivity contribution is 9.10. The van der Waals surface area contributed by atoms with E-state index in [0.29, 0.717) is 5.92 Å². The monoisotopic (exact) mass is 404 g/mol. The fourth-order valence-corrected chi connectivity index (χ4v) is 3.85. The van der Waals surface area contributed by atoms with E-state index in [1.54, 1.807) is 0 Å². The Morgan fingerprint density at radius 1 is 1.21 bits per heavy atom. The lowest BCUT2D eigenvalue weighted by molar-refractivity contribution is -0.0461. The lowest BCUT2D eigenvalue weighted by atomic mass is 9.95. The average molecular weight is 406 g/mol. The molecule has 0 spiro atoms. The SMILES string of the molecule is CC(C)[C@@H]1Oc2ccc(Br)cc2[C@H]2CC(c3ccc(Cl)cc3)=NN21. The predicted octanol–water partition coefficient (Wildman–Crippen LogP) is 5.63. The van der Waals surface area contributed by atoms with Gasteiger partial charge in [0.2, 0.25) is 0 Å². The minimum atomic E-state index is -0.0477. The summed E-state index contributed by atoms with van der Waals surface area (Å²) in [6, 6.07) is 14.3. The van der Waals surface area contributed by atoms with E-state index >= 15 is 0 Å². The van der Waals surface area contributed by atoms with Gasteiger partial charge in [-0.2, -0.15) is 5.10 Å². The third-order valence-corrected chi connectivity index (χ3v) is 5.27. The van der Waals surface area contributed by atoms with Gasteiger partial charge in [-0.1, -0.05) is 53.5 Å². The lowest BCUT2D eigenvalue weighted by Gasteiger charge is -2.40. The molecule has 2 aromatic carbocycles. The van der Waals surface area contributed by atoms with Crippen LogP contribution in [-0.4, -0.2) is 16.9 Å². The minimum Gasteiger partial charge on any atom is -0.468 e. The molecule has 3 nitrogen and oxygen atoms in total. The standard InChI is InChI=1S/C19H18BrClN2O/c1-11(2)19-23-17(15-9-13(20)5-8-18(15)24-19)10-16(22-23)12-3-6-14(21)7-4-12/h3-9,11,17,19H,10H2,1-2H3/t17-,19+/m1/s1. The Kier molecular flexibility index (Phi) is 4.05. The van der Waals surface area contributed by atoms with E-state index in [1.807, 2.05) is 36.4 Å². The first-order valence-electron chi connectivity index (χ1n) is 8.11. The molecule has 2 heterocycles. The van der Waals surface area contributed by atoms with E-state index in [1.165, 1.54) is 5.56 Å². The predicted molar refractivity (Wildman–Crippen MR) is 101 cm³/mol. The van der Waals surface area contributed by atoms with Crippen LogP contribution in [0.15, 0.2) is 52.0 Å². The van der Waals surface area contributed by atoms with E-state index in [4.69, 9.17) is 21.4 Å². The van der Waals surface area contributed by atoms with Crippen LogP contribution in [0, 0.1) is 5.92 Å². The zero-order chi connectivity index (χ0) is 16.8. The van der Waals surface area contributed by atoms with Gasteiger partial charge in [0.25, 0.3) is 0 Å². The van der Waals surface area contributed by atoms with Crippen LogP contribution in [0.3, 0.4) is 0 Å². The first kappa shape index (κ1) is 16.0. The molecule has 0 radical (unpaired) electrons. The summed E-state index contributed by atoms with van der Waals surface area (Å²) in [4.78, 5) is 0. The van der Waals surface area contributed by atoms with E-state index in [9.17, 15) is 0 Å². The van der Waals surface area contributed by atoms with Gasteiger partial charge in [0.05, 0.1) is 11.8 Å². The highest BCUT2D eigenvalue weighted by atomic mass is 79.9. The summed E-state index contributed by atoms with van der Waals surface area (Å²) < 4.78 is 7.31. The van der Waals surface area contributed by atoms with Crippen molar-refractivity contribution in [3.05, 3.63) is 63.1 Å². The number of hydrazone groups is 1. The normalized spacial score (nSPS) is 22.0. The Morgan fingerprint density at radius 3 is 2.67 bits per heavy atom. The smallest absolute Gasteiger partial charge is 0.190 e. The Labute approximate surface area is 155 Å². The second-order valence-electron chi connectivity index (χ2n) is 6.59. The van der Waals surface area contributed by atoms with Gasteiger partial charge in [-0.15, -0.1) is 0 Å². The Bertz CT molecular complexity index is 804. The van der Waals surface area contributed by atoms with Gasteiger partial charge in [-0.05, 0) is 35.9 Å². The third-order valence-electron chi connectivity index (χ3n) is 4.53. The molecule has 0 amide bonds. The van der Waals surface area contributed by atoms with Crippen LogP contribution in [0.1, 0.15) is 37.4 Å². The number of halogens is 2. The van der Waals surface area contributed by atoms with Crippen molar-refractivity contribution in [3.63, 3.8) is 0 Å². The molecule has 5 heteroatoms. The number of ether oxygens (including phenoxy) is 1. The molecule has 0 unspecified atom stereocenters. The quantitative estimate of drug-likeness (QED) is 0.647. The van der Waals surface area contributed by atoms with Gasteiger partial charge < -0.3 is 4.74 Å². The molecular formula is C19H18BrClN2O. The highest BCUT2D eigenvalue weighted by Crippen LogP contribution is 2.45. The molecule has 2 aliphatic heterocycles. The highest BCUT2D eigenvalue weighted by Gasteiger charge is 2.41. The van der Waals surface area contributed by atoms with Crippen molar-refractivity contribution in [3.8, 4) is 5.75 Å². The van der Waals surface area contributed by atoms with E-state index < -0.39 is 0 Å². The molecule has 2 aromatic rings. The number of benzene rings is 2. The first-order chi connectivity index (χ1) is 11.5. The van der Waals surface area contributed by atoms with Gasteiger partial charge in [0.15, 0.2) is 6.23 Å². The van der Waals surface area contributed by atoms with Crippen LogP contribution in [0.4, 0.5) is 0 Å². The molecule has 2 atom stereocenters. The Balaban J connectivity index is 1.75. The number of rotatable bonds is 2. The second kappa shape index (κ2) is 6.08. The third kappa shape index (κ3) is 2.72. The van der Waals surface area contributed by atoms with Gasteiger partial charge in [0, 0.05) is 27.4 Å². The summed E-state index contributed by atoms with van der Waals surface area (Å²) in [6.07, 6.45) is 0.825. The number of hydrogen-bond donors (Lipinski definition) is 0. The van der Waals surface area contributed by atoms with Crippen molar-refractivity contribution < 1.29 is 4.74 Å². The Hall–Kier alpha value is -1.52. The summed E-state index contributed by atoms with van der Waals surface area (Å²) in [7, 11) is 0. The molecule has 0 saturated carbocycles. The topological polar surface area (TPSA) is 24.8 Å². The van der Waals surface area contributed by atoms with E-state index in [0.717, 1.165) is 32.9 Å². The van der Waals surface area contributed by atoms with Gasteiger partial charge in [-0.25, -0.2) is 5.01 Å². The summed E-state index contributed by atoms with van der Waals surface area (Å²) in [6.45, 7) is 4.34. The van der Waals surface area contributed by atoms with Crippen LogP contribution in [0.25, 0.3) is 0 Å². The molecule has 0 aliphatic carbocycles. The zero-order valence-electron chi connectivity index (χ0n) is 13.5. The summed E-state index contributed by atoms with van der Waals surface area (Å²) in [5, 5.41) is 7.78.